The Bertz CT molecular complexity index is 1080. The van der Waals surface area contributed by atoms with E-state index < -0.39 is 6.09 Å². The lowest BCUT2D eigenvalue weighted by atomic mass is 10.1. The predicted molar refractivity (Wildman–Crippen MR) is 118 cm³/mol. The van der Waals surface area contributed by atoms with E-state index in [0.717, 1.165) is 30.3 Å². The first-order valence-electron chi connectivity index (χ1n) is 10.5. The monoisotopic (exact) mass is 427 g/mol. The van der Waals surface area contributed by atoms with Gasteiger partial charge in [0.1, 0.15) is 0 Å². The molecule has 1 amide bonds. The highest BCUT2D eigenvalue weighted by Crippen LogP contribution is 2.27. The maximum Gasteiger partial charge on any atom is 0.407 e. The number of carbonyl (C=O) groups is 1. The molecule has 0 spiro atoms. The van der Waals surface area contributed by atoms with Crippen molar-refractivity contribution in [2.45, 2.75) is 44.7 Å². The van der Waals surface area contributed by atoms with Crippen LogP contribution in [0.1, 0.15) is 37.3 Å². The van der Waals surface area contributed by atoms with Gasteiger partial charge in [0, 0.05) is 30.7 Å². The van der Waals surface area contributed by atoms with Crippen molar-refractivity contribution < 1.29 is 9.90 Å². The first-order chi connectivity index (χ1) is 14.5. The molecule has 0 saturated carbocycles. The number of benzene rings is 2. The first kappa shape index (κ1) is 20.5. The summed E-state index contributed by atoms with van der Waals surface area (Å²) in [7, 11) is 0. The van der Waals surface area contributed by atoms with E-state index in [0.29, 0.717) is 37.5 Å². The van der Waals surface area contributed by atoms with Gasteiger partial charge in [0.15, 0.2) is 0 Å². The van der Waals surface area contributed by atoms with Crippen molar-refractivity contribution in [2.75, 3.05) is 13.1 Å². The quantitative estimate of drug-likeness (QED) is 0.575. The molecule has 0 atom stereocenters. The molecule has 2 heterocycles. The highest BCUT2D eigenvalue weighted by molar-refractivity contribution is 6.31. The summed E-state index contributed by atoms with van der Waals surface area (Å²) in [5, 5.41) is 9.80. The van der Waals surface area contributed by atoms with Crippen LogP contribution in [0.5, 0.6) is 0 Å². The summed E-state index contributed by atoms with van der Waals surface area (Å²) >= 11 is 6.24. The molecule has 158 valence electrons. The molecular weight excluding hydrogens is 402 g/mol. The summed E-state index contributed by atoms with van der Waals surface area (Å²) in [5.41, 5.74) is 3.01. The lowest BCUT2D eigenvalue weighted by molar-refractivity contribution is 0.125. The first-order valence-corrected chi connectivity index (χ1v) is 10.8. The smallest absolute Gasteiger partial charge is 0.407 e. The van der Waals surface area contributed by atoms with Gasteiger partial charge in [-0.25, -0.2) is 9.59 Å². The minimum Gasteiger partial charge on any atom is -0.465 e. The summed E-state index contributed by atoms with van der Waals surface area (Å²) in [4.78, 5) is 26.0. The average Bonchev–Trinajstić information content (AvgIpc) is 3.02. The second-order valence-electron chi connectivity index (χ2n) is 7.88. The number of aromatic nitrogens is 2. The molecule has 0 aliphatic carbocycles. The molecule has 1 aliphatic heterocycles. The zero-order valence-corrected chi connectivity index (χ0v) is 17.6. The Morgan fingerprint density at radius 2 is 1.77 bits per heavy atom. The molecule has 1 saturated heterocycles. The van der Waals surface area contributed by atoms with Gasteiger partial charge < -0.3 is 10.0 Å². The maximum absolute atomic E-state index is 13.3. The Morgan fingerprint density at radius 1 is 1.03 bits per heavy atom. The third kappa shape index (κ3) is 4.24. The zero-order chi connectivity index (χ0) is 21.1. The van der Waals surface area contributed by atoms with Crippen molar-refractivity contribution in [1.29, 1.82) is 0 Å². The number of unbranched alkanes of at least 4 members (excludes halogenated alkanes) is 1. The van der Waals surface area contributed by atoms with Gasteiger partial charge in [-0.05, 0) is 55.9 Å². The minimum atomic E-state index is -0.898. The van der Waals surface area contributed by atoms with Crippen molar-refractivity contribution >= 4 is 28.7 Å². The van der Waals surface area contributed by atoms with Gasteiger partial charge in [-0.1, -0.05) is 41.9 Å². The number of hydrogen-bond donors (Lipinski definition) is 1. The van der Waals surface area contributed by atoms with Crippen molar-refractivity contribution in [3.8, 4) is 0 Å². The number of amides is 1. The maximum atomic E-state index is 13.3. The number of piperidine rings is 1. The molecule has 1 aliphatic rings. The van der Waals surface area contributed by atoms with E-state index in [4.69, 9.17) is 11.6 Å². The summed E-state index contributed by atoms with van der Waals surface area (Å²) in [6.07, 6.45) is 3.28. The normalized spacial score (nSPS) is 15.0. The average molecular weight is 428 g/mol. The number of rotatable bonds is 6. The van der Waals surface area contributed by atoms with Crippen LogP contribution >= 0.6 is 11.6 Å². The molecule has 6 nitrogen and oxygen atoms in total. The topological polar surface area (TPSA) is 67.5 Å². The van der Waals surface area contributed by atoms with E-state index in [1.165, 1.54) is 10.5 Å². The largest absolute Gasteiger partial charge is 0.465 e. The Hall–Kier alpha value is -2.73. The summed E-state index contributed by atoms with van der Waals surface area (Å²) in [6.45, 7) is 1.54. The Morgan fingerprint density at radius 3 is 2.47 bits per heavy atom. The fraction of sp³-hybridized carbons (Fsp3) is 0.391. The number of aryl methyl sites for hydroxylation is 2. The number of hydrogen-bond acceptors (Lipinski definition) is 2. The van der Waals surface area contributed by atoms with Gasteiger partial charge in [-0.15, -0.1) is 0 Å². The zero-order valence-electron chi connectivity index (χ0n) is 16.8. The van der Waals surface area contributed by atoms with Crippen molar-refractivity contribution in [3.63, 3.8) is 0 Å². The molecule has 2 aromatic carbocycles. The van der Waals surface area contributed by atoms with E-state index in [9.17, 15) is 14.7 Å². The molecule has 0 unspecified atom stereocenters. The third-order valence-corrected chi connectivity index (χ3v) is 6.20. The minimum absolute atomic E-state index is 0.0142. The van der Waals surface area contributed by atoms with Crippen LogP contribution in [0.4, 0.5) is 4.79 Å². The van der Waals surface area contributed by atoms with Crippen LogP contribution in [0.15, 0.2) is 53.3 Å². The molecule has 0 radical (unpaired) electrons. The van der Waals surface area contributed by atoms with Gasteiger partial charge in [-0.2, -0.15) is 0 Å². The number of halogens is 1. The lowest BCUT2D eigenvalue weighted by Gasteiger charge is -2.30. The molecule has 1 N–H and O–H groups in total. The van der Waals surface area contributed by atoms with Crippen molar-refractivity contribution in [1.82, 2.24) is 14.0 Å². The Labute approximate surface area is 180 Å². The number of imidazole rings is 1. The van der Waals surface area contributed by atoms with Crippen molar-refractivity contribution in [3.05, 3.63) is 69.6 Å². The van der Waals surface area contributed by atoms with Crippen molar-refractivity contribution in [2.24, 2.45) is 0 Å². The van der Waals surface area contributed by atoms with Crippen LogP contribution in [0, 0.1) is 0 Å². The Kier molecular flexibility index (Phi) is 6.13. The van der Waals surface area contributed by atoms with Crippen LogP contribution in [0.25, 0.3) is 11.0 Å². The van der Waals surface area contributed by atoms with E-state index in [1.807, 2.05) is 45.5 Å². The SMILES string of the molecule is O=C(O)N1CCC(n2c(=O)n(CCCCc3ccccc3)c3ccc(Cl)cc32)CC1. The van der Waals surface area contributed by atoms with Crippen LogP contribution < -0.4 is 5.69 Å². The molecule has 1 aromatic heterocycles. The van der Waals surface area contributed by atoms with Gasteiger partial charge in [-0.3, -0.25) is 9.13 Å². The fourth-order valence-electron chi connectivity index (χ4n) is 4.38. The molecule has 0 bridgehead atoms. The molecule has 30 heavy (non-hydrogen) atoms. The predicted octanol–water partition coefficient (Wildman–Crippen LogP) is 4.79. The lowest BCUT2D eigenvalue weighted by Crippen LogP contribution is -2.40. The number of nitrogens with zero attached hydrogens (tertiary/aromatic N) is 3. The Balaban J connectivity index is 1.54. The molecule has 7 heteroatoms. The van der Waals surface area contributed by atoms with Gasteiger partial charge in [0.25, 0.3) is 0 Å². The second kappa shape index (κ2) is 8.96. The van der Waals surface area contributed by atoms with Crippen LogP contribution in [-0.4, -0.2) is 38.3 Å². The summed E-state index contributed by atoms with van der Waals surface area (Å²) in [5.74, 6) is 0. The highest BCUT2D eigenvalue weighted by atomic mass is 35.5. The number of likely N-dealkylation sites (tertiary alicyclic amines) is 1. The van der Waals surface area contributed by atoms with Gasteiger partial charge in [0.05, 0.1) is 11.0 Å². The highest BCUT2D eigenvalue weighted by Gasteiger charge is 2.27. The van der Waals surface area contributed by atoms with E-state index in [2.05, 4.69) is 12.1 Å². The third-order valence-electron chi connectivity index (χ3n) is 5.96. The molecule has 4 rings (SSSR count). The van der Waals surface area contributed by atoms with Crippen LogP contribution in [-0.2, 0) is 13.0 Å². The second-order valence-corrected chi connectivity index (χ2v) is 8.32. The van der Waals surface area contributed by atoms with Gasteiger partial charge >= 0.3 is 11.8 Å². The number of fused-ring (bicyclic) bond motifs is 1. The summed E-state index contributed by atoms with van der Waals surface area (Å²) in [6, 6.07) is 15.9. The van der Waals surface area contributed by atoms with E-state index in [-0.39, 0.29) is 11.7 Å². The number of carboxylic acid groups (broad SMARTS) is 1. The van der Waals surface area contributed by atoms with E-state index >= 15 is 0 Å². The standard InChI is InChI=1S/C23H26ClN3O3/c24-18-9-10-20-21(16-18)27(19-11-14-25(15-12-19)23(29)30)22(28)26(20)13-5-4-8-17-6-2-1-3-7-17/h1-3,6-7,9-10,16,19H,4-5,8,11-15H2,(H,29,30). The molecular formula is C23H26ClN3O3. The van der Waals surface area contributed by atoms with Crippen LogP contribution in [0.2, 0.25) is 5.02 Å². The van der Waals surface area contributed by atoms with Gasteiger partial charge in [0.2, 0.25) is 0 Å². The summed E-state index contributed by atoms with van der Waals surface area (Å²) < 4.78 is 3.68. The van der Waals surface area contributed by atoms with E-state index in [1.54, 1.807) is 0 Å². The molecule has 3 aromatic rings. The fourth-order valence-corrected chi connectivity index (χ4v) is 4.55. The van der Waals surface area contributed by atoms with Crippen LogP contribution in [0.3, 0.4) is 0 Å². The molecule has 1 fully saturated rings.